The zero-order valence-corrected chi connectivity index (χ0v) is 17.6. The van der Waals surface area contributed by atoms with Crippen LogP contribution in [0.1, 0.15) is 46.1 Å². The summed E-state index contributed by atoms with van der Waals surface area (Å²) in [7, 11) is -3.80. The van der Waals surface area contributed by atoms with Crippen molar-refractivity contribution < 1.29 is 17.9 Å². The number of rotatable bonds is 4. The number of sulfonamides is 1. The smallest absolute Gasteiger partial charge is 0.261 e. The Morgan fingerprint density at radius 2 is 1.79 bits per heavy atom. The van der Waals surface area contributed by atoms with Crippen LogP contribution < -0.4 is 14.4 Å². The van der Waals surface area contributed by atoms with Crippen LogP contribution in [-0.4, -0.2) is 26.5 Å². The number of amides is 1. The molecule has 7 heteroatoms. The summed E-state index contributed by atoms with van der Waals surface area (Å²) in [6.07, 6.45) is 0. The summed E-state index contributed by atoms with van der Waals surface area (Å²) in [6, 6.07) is 11.9. The van der Waals surface area contributed by atoms with Gasteiger partial charge in [0.2, 0.25) is 5.91 Å². The molecular formula is C21H26N2O4S. The molecule has 0 spiro atoms. The van der Waals surface area contributed by atoms with Crippen LogP contribution in [-0.2, 0) is 14.8 Å². The predicted molar refractivity (Wildman–Crippen MR) is 111 cm³/mol. The molecular weight excluding hydrogens is 376 g/mol. The number of benzene rings is 2. The van der Waals surface area contributed by atoms with Crippen molar-refractivity contribution in [3.05, 3.63) is 48.0 Å². The molecule has 2 aromatic rings. The van der Waals surface area contributed by atoms with E-state index >= 15 is 0 Å². The molecule has 1 heterocycles. The maximum Gasteiger partial charge on any atom is 0.261 e. The van der Waals surface area contributed by atoms with Crippen molar-refractivity contribution in [1.82, 2.24) is 0 Å². The molecule has 0 atom stereocenters. The Morgan fingerprint density at radius 3 is 2.36 bits per heavy atom. The third-order valence-electron chi connectivity index (χ3n) is 4.67. The van der Waals surface area contributed by atoms with E-state index in [0.717, 1.165) is 5.56 Å². The van der Waals surface area contributed by atoms with Gasteiger partial charge in [0.05, 0.1) is 17.1 Å². The molecule has 28 heavy (non-hydrogen) atoms. The molecule has 0 unspecified atom stereocenters. The van der Waals surface area contributed by atoms with Crippen LogP contribution in [0.15, 0.2) is 47.4 Å². The zero-order valence-electron chi connectivity index (χ0n) is 16.8. The van der Waals surface area contributed by atoms with Gasteiger partial charge in [0, 0.05) is 12.6 Å². The highest BCUT2D eigenvalue weighted by Crippen LogP contribution is 2.38. The fraction of sp³-hybridized carbons (Fsp3) is 0.381. The first-order valence-electron chi connectivity index (χ1n) is 9.22. The largest absolute Gasteiger partial charge is 0.484 e. The molecule has 0 aliphatic carbocycles. The molecule has 0 bridgehead atoms. The van der Waals surface area contributed by atoms with E-state index in [2.05, 4.69) is 18.6 Å². The Labute approximate surface area is 166 Å². The number of carbonyl (C=O) groups excluding carboxylic acids is 1. The number of nitrogens with one attached hydrogen (secondary N) is 1. The zero-order chi connectivity index (χ0) is 20.7. The molecule has 0 aromatic heterocycles. The fourth-order valence-corrected chi connectivity index (χ4v) is 4.27. The Kier molecular flexibility index (Phi) is 5.14. The van der Waals surface area contributed by atoms with Crippen LogP contribution in [0.3, 0.4) is 0 Å². The second-order valence-electron chi connectivity index (χ2n) is 7.98. The van der Waals surface area contributed by atoms with E-state index in [1.807, 2.05) is 26.0 Å². The highest BCUT2D eigenvalue weighted by molar-refractivity contribution is 7.92. The molecule has 6 nitrogen and oxygen atoms in total. The first kappa shape index (κ1) is 20.2. The van der Waals surface area contributed by atoms with Crippen LogP contribution in [0, 0.1) is 0 Å². The summed E-state index contributed by atoms with van der Waals surface area (Å²) < 4.78 is 34.2. The van der Waals surface area contributed by atoms with Crippen LogP contribution in [0.25, 0.3) is 0 Å². The molecule has 1 aliphatic heterocycles. The van der Waals surface area contributed by atoms with Gasteiger partial charge in [0.1, 0.15) is 11.4 Å². The summed E-state index contributed by atoms with van der Waals surface area (Å²) in [5.41, 5.74) is 1.54. The topological polar surface area (TPSA) is 75.7 Å². The van der Waals surface area contributed by atoms with E-state index in [1.54, 1.807) is 23.1 Å². The van der Waals surface area contributed by atoms with E-state index in [0.29, 0.717) is 29.6 Å². The Bertz CT molecular complexity index is 996. The van der Waals surface area contributed by atoms with E-state index in [1.165, 1.54) is 19.1 Å². The summed E-state index contributed by atoms with van der Waals surface area (Å²) in [4.78, 5) is 13.7. The monoisotopic (exact) mass is 402 g/mol. The summed E-state index contributed by atoms with van der Waals surface area (Å²) in [5.74, 6) is 0.698. The molecule has 2 aromatic carbocycles. The van der Waals surface area contributed by atoms with Crippen molar-refractivity contribution in [2.75, 3.05) is 16.2 Å². The number of fused-ring (bicyclic) bond motifs is 1. The Hall–Kier alpha value is -2.54. The fourth-order valence-electron chi connectivity index (χ4n) is 3.19. The predicted octanol–water partition coefficient (Wildman–Crippen LogP) is 4.13. The minimum atomic E-state index is -3.80. The van der Waals surface area contributed by atoms with E-state index in [4.69, 9.17) is 4.74 Å². The van der Waals surface area contributed by atoms with Gasteiger partial charge in [-0.2, -0.15) is 0 Å². The number of hydrogen-bond acceptors (Lipinski definition) is 4. The summed E-state index contributed by atoms with van der Waals surface area (Å²) in [6.45, 7) is 9.74. The molecule has 0 fully saturated rings. The Morgan fingerprint density at radius 1 is 1.14 bits per heavy atom. The molecule has 0 radical (unpaired) electrons. The lowest BCUT2D eigenvalue weighted by molar-refractivity contribution is -0.117. The normalized spacial score (nSPS) is 15.7. The van der Waals surface area contributed by atoms with Crippen LogP contribution in [0.5, 0.6) is 5.75 Å². The van der Waals surface area contributed by atoms with Crippen LogP contribution >= 0.6 is 0 Å². The van der Waals surface area contributed by atoms with Gasteiger partial charge in [-0.1, -0.05) is 26.0 Å². The quantitative estimate of drug-likeness (QED) is 0.834. The van der Waals surface area contributed by atoms with Gasteiger partial charge in [-0.15, -0.1) is 0 Å². The minimum absolute atomic E-state index is 0.0775. The maximum atomic E-state index is 12.9. The first-order valence-corrected chi connectivity index (χ1v) is 10.7. The third-order valence-corrected chi connectivity index (χ3v) is 6.05. The number of ether oxygens (including phenoxy) is 1. The van der Waals surface area contributed by atoms with Gasteiger partial charge in [-0.25, -0.2) is 8.42 Å². The summed E-state index contributed by atoms with van der Waals surface area (Å²) >= 11 is 0. The van der Waals surface area contributed by atoms with Crippen LogP contribution in [0.4, 0.5) is 11.4 Å². The lowest BCUT2D eigenvalue weighted by Gasteiger charge is -2.39. The minimum Gasteiger partial charge on any atom is -0.484 e. The highest BCUT2D eigenvalue weighted by atomic mass is 32.2. The third kappa shape index (κ3) is 4.14. The van der Waals surface area contributed by atoms with Crippen molar-refractivity contribution >= 4 is 27.3 Å². The molecule has 1 aliphatic rings. The second-order valence-corrected chi connectivity index (χ2v) is 9.66. The SMILES string of the molecule is CC(=O)N1CC(C)(C)Oc2ccc(S(=O)(=O)Nc3ccc(C(C)C)cc3)cc21. The Balaban J connectivity index is 1.93. The van der Waals surface area contributed by atoms with Crippen molar-refractivity contribution in [3.63, 3.8) is 0 Å². The molecule has 0 saturated heterocycles. The van der Waals surface area contributed by atoms with Gasteiger partial charge in [0.25, 0.3) is 10.0 Å². The number of carbonyl (C=O) groups is 1. The first-order chi connectivity index (χ1) is 13.0. The van der Waals surface area contributed by atoms with Gasteiger partial charge >= 0.3 is 0 Å². The molecule has 3 rings (SSSR count). The van der Waals surface area contributed by atoms with E-state index in [-0.39, 0.29) is 10.8 Å². The number of anilines is 2. The number of nitrogens with zero attached hydrogens (tertiary/aromatic N) is 1. The maximum absolute atomic E-state index is 12.9. The van der Waals surface area contributed by atoms with E-state index < -0.39 is 15.6 Å². The average Bonchev–Trinajstić information content (AvgIpc) is 2.59. The summed E-state index contributed by atoms with van der Waals surface area (Å²) in [5, 5.41) is 0. The molecule has 1 N–H and O–H groups in total. The van der Waals surface area contributed by atoms with Crippen molar-refractivity contribution in [3.8, 4) is 5.75 Å². The second kappa shape index (κ2) is 7.13. The molecule has 150 valence electrons. The average molecular weight is 403 g/mol. The van der Waals surface area contributed by atoms with Crippen LogP contribution in [0.2, 0.25) is 0 Å². The lowest BCUT2D eigenvalue weighted by atomic mass is 10.0. The van der Waals surface area contributed by atoms with Gasteiger partial charge < -0.3 is 9.64 Å². The molecule has 1 amide bonds. The van der Waals surface area contributed by atoms with E-state index in [9.17, 15) is 13.2 Å². The van der Waals surface area contributed by atoms with Crippen molar-refractivity contribution in [2.45, 2.75) is 51.0 Å². The number of hydrogen-bond donors (Lipinski definition) is 1. The highest BCUT2D eigenvalue weighted by Gasteiger charge is 2.34. The lowest BCUT2D eigenvalue weighted by Crippen LogP contribution is -2.48. The van der Waals surface area contributed by atoms with Gasteiger partial charge in [-0.05, 0) is 55.7 Å². The van der Waals surface area contributed by atoms with Crippen molar-refractivity contribution in [2.24, 2.45) is 0 Å². The standard InChI is InChI=1S/C21H26N2O4S/c1-14(2)16-6-8-17(9-7-16)22-28(25,26)18-10-11-20-19(12-18)23(15(3)24)13-21(4,5)27-20/h6-12,14,22H,13H2,1-5H3. The van der Waals surface area contributed by atoms with Gasteiger partial charge in [-0.3, -0.25) is 9.52 Å². The van der Waals surface area contributed by atoms with Crippen molar-refractivity contribution in [1.29, 1.82) is 0 Å². The molecule has 0 saturated carbocycles. The van der Waals surface area contributed by atoms with Gasteiger partial charge in [0.15, 0.2) is 0 Å².